The molecule has 0 spiro atoms. The van der Waals surface area contributed by atoms with Crippen molar-refractivity contribution in [2.45, 2.75) is 26.2 Å². The lowest BCUT2D eigenvalue weighted by Gasteiger charge is -1.90. The second-order valence-electron chi connectivity index (χ2n) is 4.88. The number of carbonyl (C=O) groups is 1. The molecule has 0 aliphatic heterocycles. The SMILES string of the molecule is C.O=C(O)c1cc2c([nH]1)CC1CC21.c1ccccc1. The van der Waals surface area contributed by atoms with Gasteiger partial charge in [0.25, 0.3) is 0 Å². The number of aromatic amines is 1. The minimum Gasteiger partial charge on any atom is -0.477 e. The molecule has 0 amide bonds. The lowest BCUT2D eigenvalue weighted by atomic mass is 10.2. The average molecular weight is 257 g/mol. The standard InChI is InChI=1S/C9H9NO2.C6H6.CH4/c11-9(12)8-3-6-5-1-4(5)2-7(6)10-8;1-2-4-6-5-3-1;/h3-5,10H,1-2H2,(H,11,12);1-6H;1H4. The van der Waals surface area contributed by atoms with Gasteiger partial charge in [-0.3, -0.25) is 0 Å². The number of rotatable bonds is 1. The maximum atomic E-state index is 10.6. The maximum Gasteiger partial charge on any atom is 0.352 e. The monoisotopic (exact) mass is 257 g/mol. The Bertz CT molecular complexity index is 533. The van der Waals surface area contributed by atoms with Crippen molar-refractivity contribution in [2.24, 2.45) is 5.92 Å². The number of hydrogen-bond donors (Lipinski definition) is 2. The predicted molar refractivity (Wildman–Crippen MR) is 75.5 cm³/mol. The molecule has 1 heterocycles. The van der Waals surface area contributed by atoms with E-state index in [0.717, 1.165) is 18.0 Å². The molecular weight excluding hydrogens is 238 g/mol. The van der Waals surface area contributed by atoms with Crippen molar-refractivity contribution in [3.63, 3.8) is 0 Å². The van der Waals surface area contributed by atoms with E-state index < -0.39 is 5.97 Å². The van der Waals surface area contributed by atoms with Crippen LogP contribution in [0, 0.1) is 5.92 Å². The molecular formula is C16H19NO2. The Morgan fingerprint density at radius 2 is 1.74 bits per heavy atom. The molecule has 1 saturated carbocycles. The molecule has 19 heavy (non-hydrogen) atoms. The summed E-state index contributed by atoms with van der Waals surface area (Å²) >= 11 is 0. The van der Waals surface area contributed by atoms with Crippen molar-refractivity contribution >= 4 is 5.97 Å². The van der Waals surface area contributed by atoms with Crippen molar-refractivity contribution in [2.75, 3.05) is 0 Å². The molecule has 0 bridgehead atoms. The molecule has 2 N–H and O–H groups in total. The first-order valence-corrected chi connectivity index (χ1v) is 6.21. The van der Waals surface area contributed by atoms with Gasteiger partial charge in [-0.2, -0.15) is 0 Å². The number of nitrogens with one attached hydrogen (secondary N) is 1. The van der Waals surface area contributed by atoms with Gasteiger partial charge in [-0.25, -0.2) is 4.79 Å². The largest absolute Gasteiger partial charge is 0.477 e. The van der Waals surface area contributed by atoms with E-state index in [0.29, 0.717) is 11.6 Å². The van der Waals surface area contributed by atoms with Crippen LogP contribution in [0.3, 0.4) is 0 Å². The summed E-state index contributed by atoms with van der Waals surface area (Å²) in [6.45, 7) is 0. The number of carboxylic acid groups (broad SMARTS) is 1. The minimum atomic E-state index is -0.846. The highest BCUT2D eigenvalue weighted by atomic mass is 16.4. The summed E-state index contributed by atoms with van der Waals surface area (Å²) in [5, 5.41) is 8.71. The summed E-state index contributed by atoms with van der Waals surface area (Å²) in [5.41, 5.74) is 2.77. The molecule has 3 nitrogen and oxygen atoms in total. The van der Waals surface area contributed by atoms with Gasteiger partial charge in [-0.15, -0.1) is 0 Å². The first kappa shape index (κ1) is 13.4. The van der Waals surface area contributed by atoms with Crippen LogP contribution >= 0.6 is 0 Å². The first-order valence-electron chi connectivity index (χ1n) is 6.21. The Morgan fingerprint density at radius 1 is 1.16 bits per heavy atom. The van der Waals surface area contributed by atoms with Gasteiger partial charge in [-0.05, 0) is 36.3 Å². The third-order valence-corrected chi connectivity index (χ3v) is 3.62. The number of fused-ring (bicyclic) bond motifs is 3. The quantitative estimate of drug-likeness (QED) is 0.818. The third kappa shape index (κ3) is 2.70. The summed E-state index contributed by atoms with van der Waals surface area (Å²) < 4.78 is 0. The summed E-state index contributed by atoms with van der Waals surface area (Å²) in [5.74, 6) is 0.667. The van der Waals surface area contributed by atoms with E-state index in [1.807, 2.05) is 36.4 Å². The highest BCUT2D eigenvalue weighted by Gasteiger charge is 2.46. The van der Waals surface area contributed by atoms with Gasteiger partial charge in [0.2, 0.25) is 0 Å². The van der Waals surface area contributed by atoms with Gasteiger partial charge >= 0.3 is 5.97 Å². The molecule has 0 saturated heterocycles. The van der Waals surface area contributed by atoms with E-state index >= 15 is 0 Å². The molecule has 4 rings (SSSR count). The molecule has 2 atom stereocenters. The van der Waals surface area contributed by atoms with Crippen LogP contribution in [0.4, 0.5) is 0 Å². The molecule has 1 aromatic carbocycles. The summed E-state index contributed by atoms with van der Waals surface area (Å²) in [6.07, 6.45) is 2.33. The van der Waals surface area contributed by atoms with Crippen LogP contribution in [-0.2, 0) is 6.42 Å². The number of aromatic carboxylic acids is 1. The number of hydrogen-bond acceptors (Lipinski definition) is 1. The van der Waals surface area contributed by atoms with Gasteiger partial charge in [0.1, 0.15) is 5.69 Å². The molecule has 2 unspecified atom stereocenters. The van der Waals surface area contributed by atoms with Crippen molar-refractivity contribution < 1.29 is 9.90 Å². The van der Waals surface area contributed by atoms with E-state index in [9.17, 15) is 4.79 Å². The molecule has 3 heteroatoms. The van der Waals surface area contributed by atoms with Gasteiger partial charge in [0, 0.05) is 5.69 Å². The van der Waals surface area contributed by atoms with Crippen LogP contribution in [-0.4, -0.2) is 16.1 Å². The first-order chi connectivity index (χ1) is 8.75. The fourth-order valence-electron chi connectivity index (χ4n) is 2.63. The van der Waals surface area contributed by atoms with E-state index in [1.165, 1.54) is 12.0 Å². The number of H-pyrrole nitrogens is 1. The van der Waals surface area contributed by atoms with Crippen molar-refractivity contribution in [1.29, 1.82) is 0 Å². The number of benzene rings is 1. The Hall–Kier alpha value is -2.03. The number of aromatic nitrogens is 1. The normalized spacial score (nSPS) is 21.3. The second-order valence-corrected chi connectivity index (χ2v) is 4.88. The molecule has 2 aromatic rings. The van der Waals surface area contributed by atoms with Crippen molar-refractivity contribution in [1.82, 2.24) is 4.98 Å². The molecule has 2 aliphatic carbocycles. The van der Waals surface area contributed by atoms with Gasteiger partial charge in [0.05, 0.1) is 0 Å². The van der Waals surface area contributed by atoms with E-state index in [-0.39, 0.29) is 7.43 Å². The van der Waals surface area contributed by atoms with Crippen molar-refractivity contribution in [3.05, 3.63) is 59.4 Å². The highest BCUT2D eigenvalue weighted by molar-refractivity contribution is 5.86. The van der Waals surface area contributed by atoms with Crippen LogP contribution in [0.15, 0.2) is 42.5 Å². The fourth-order valence-corrected chi connectivity index (χ4v) is 2.63. The molecule has 1 fully saturated rings. The lowest BCUT2D eigenvalue weighted by molar-refractivity contribution is 0.0691. The Morgan fingerprint density at radius 3 is 2.21 bits per heavy atom. The Labute approximate surface area is 113 Å². The molecule has 2 aliphatic rings. The molecule has 1 aromatic heterocycles. The van der Waals surface area contributed by atoms with Crippen LogP contribution < -0.4 is 0 Å². The average Bonchev–Trinajstić information content (AvgIpc) is 2.87. The van der Waals surface area contributed by atoms with E-state index in [4.69, 9.17) is 5.11 Å². The predicted octanol–water partition coefficient (Wildman–Crippen LogP) is 3.70. The maximum absolute atomic E-state index is 10.6. The van der Waals surface area contributed by atoms with E-state index in [2.05, 4.69) is 4.98 Å². The second kappa shape index (κ2) is 5.31. The Kier molecular flexibility index (Phi) is 3.74. The highest BCUT2D eigenvalue weighted by Crippen LogP contribution is 2.56. The minimum absolute atomic E-state index is 0. The third-order valence-electron chi connectivity index (χ3n) is 3.62. The lowest BCUT2D eigenvalue weighted by Crippen LogP contribution is -1.96. The zero-order valence-corrected chi connectivity index (χ0v) is 9.97. The van der Waals surface area contributed by atoms with Crippen LogP contribution in [0.5, 0.6) is 0 Å². The number of carboxylic acids is 1. The van der Waals surface area contributed by atoms with Gasteiger partial charge < -0.3 is 10.1 Å². The summed E-state index contributed by atoms with van der Waals surface area (Å²) in [6, 6.07) is 13.8. The van der Waals surface area contributed by atoms with E-state index in [1.54, 1.807) is 6.07 Å². The van der Waals surface area contributed by atoms with Gasteiger partial charge in [-0.1, -0.05) is 43.8 Å². The van der Waals surface area contributed by atoms with Gasteiger partial charge in [0.15, 0.2) is 0 Å². The van der Waals surface area contributed by atoms with Crippen LogP contribution in [0.1, 0.15) is 41.5 Å². The smallest absolute Gasteiger partial charge is 0.352 e. The molecule has 100 valence electrons. The fraction of sp³-hybridized carbons (Fsp3) is 0.312. The summed E-state index contributed by atoms with van der Waals surface area (Å²) in [7, 11) is 0. The molecule has 0 radical (unpaired) electrons. The Balaban J connectivity index is 0.000000164. The topological polar surface area (TPSA) is 53.1 Å². The zero-order chi connectivity index (χ0) is 12.5. The van der Waals surface area contributed by atoms with Crippen LogP contribution in [0.25, 0.3) is 0 Å². The van der Waals surface area contributed by atoms with Crippen LogP contribution in [0.2, 0.25) is 0 Å². The zero-order valence-electron chi connectivity index (χ0n) is 9.97. The summed E-state index contributed by atoms with van der Waals surface area (Å²) in [4.78, 5) is 13.5. The van der Waals surface area contributed by atoms with Crippen molar-refractivity contribution in [3.8, 4) is 0 Å².